The summed E-state index contributed by atoms with van der Waals surface area (Å²) in [6, 6.07) is 17.8. The maximum absolute atomic E-state index is 13.9. The van der Waals surface area contributed by atoms with E-state index in [4.69, 9.17) is 20.8 Å². The molecule has 0 saturated carbocycles. The lowest BCUT2D eigenvalue weighted by Gasteiger charge is -2.14. The fourth-order valence-corrected chi connectivity index (χ4v) is 3.17. The number of hydrogen-bond donors (Lipinski definition) is 1. The molecule has 0 bridgehead atoms. The molecule has 172 valence electrons. The molecule has 0 fully saturated rings. The van der Waals surface area contributed by atoms with Crippen molar-refractivity contribution in [3.63, 3.8) is 0 Å². The number of rotatable bonds is 6. The van der Waals surface area contributed by atoms with Crippen molar-refractivity contribution in [3.05, 3.63) is 88.7 Å². The molecule has 1 atom stereocenters. The molecule has 9 heteroatoms. The molecular weight excluding hydrogens is 461 g/mol. The summed E-state index contributed by atoms with van der Waals surface area (Å²) in [6.07, 6.45) is -1.16. The first-order valence-electron chi connectivity index (χ1n) is 10.3. The Morgan fingerprint density at radius 3 is 2.15 bits per heavy atom. The van der Waals surface area contributed by atoms with Crippen LogP contribution >= 0.6 is 11.6 Å². The third-order valence-corrected chi connectivity index (χ3v) is 5.17. The fourth-order valence-electron chi connectivity index (χ4n) is 3.01. The van der Waals surface area contributed by atoms with Crippen LogP contribution in [0.25, 0.3) is 22.9 Å². The van der Waals surface area contributed by atoms with Gasteiger partial charge in [-0.2, -0.15) is 0 Å². The molecule has 1 unspecified atom stereocenters. The van der Waals surface area contributed by atoms with Gasteiger partial charge in [0.05, 0.1) is 11.3 Å². The highest BCUT2D eigenvalue weighted by Crippen LogP contribution is 2.25. The van der Waals surface area contributed by atoms with Crippen LogP contribution in [0.15, 0.2) is 71.1 Å². The average Bonchev–Trinajstić information content (AvgIpc) is 3.31. The molecule has 0 saturated heterocycles. The first-order chi connectivity index (χ1) is 16.3. The Morgan fingerprint density at radius 1 is 0.971 bits per heavy atom. The SMILES string of the molecule is Cc1ccc(-c2nnc(-c3ccc(C(=O)OC(C)C(=O)Nc4ccc(Cl)cc4F)cc3)o2)cc1. The zero-order valence-electron chi connectivity index (χ0n) is 18.2. The van der Waals surface area contributed by atoms with Crippen molar-refractivity contribution in [3.8, 4) is 22.9 Å². The third kappa shape index (κ3) is 5.29. The van der Waals surface area contributed by atoms with Gasteiger partial charge in [0.2, 0.25) is 11.8 Å². The van der Waals surface area contributed by atoms with Gasteiger partial charge in [0.15, 0.2) is 6.10 Å². The van der Waals surface area contributed by atoms with Gasteiger partial charge in [0.25, 0.3) is 5.91 Å². The van der Waals surface area contributed by atoms with E-state index in [1.165, 1.54) is 31.2 Å². The van der Waals surface area contributed by atoms with Gasteiger partial charge < -0.3 is 14.5 Å². The summed E-state index contributed by atoms with van der Waals surface area (Å²) >= 11 is 5.70. The van der Waals surface area contributed by atoms with Gasteiger partial charge in [-0.25, -0.2) is 9.18 Å². The van der Waals surface area contributed by atoms with Gasteiger partial charge >= 0.3 is 5.97 Å². The van der Waals surface area contributed by atoms with Crippen LogP contribution < -0.4 is 5.32 Å². The Bertz CT molecular complexity index is 1340. The van der Waals surface area contributed by atoms with Crippen molar-refractivity contribution in [2.75, 3.05) is 5.32 Å². The number of halogens is 2. The van der Waals surface area contributed by atoms with Gasteiger partial charge in [-0.05, 0) is 68.4 Å². The molecule has 0 spiro atoms. The summed E-state index contributed by atoms with van der Waals surface area (Å²) in [5, 5.41) is 10.7. The summed E-state index contributed by atoms with van der Waals surface area (Å²) in [7, 11) is 0. The molecule has 4 rings (SSSR count). The zero-order chi connectivity index (χ0) is 24.2. The largest absolute Gasteiger partial charge is 0.449 e. The number of amides is 1. The quantitative estimate of drug-likeness (QED) is 0.357. The second-order valence-corrected chi connectivity index (χ2v) is 7.95. The van der Waals surface area contributed by atoms with Crippen LogP contribution in [-0.4, -0.2) is 28.2 Å². The average molecular weight is 480 g/mol. The van der Waals surface area contributed by atoms with E-state index in [0.29, 0.717) is 17.3 Å². The molecule has 0 aliphatic heterocycles. The van der Waals surface area contributed by atoms with Crippen molar-refractivity contribution in [2.24, 2.45) is 0 Å². The van der Waals surface area contributed by atoms with E-state index in [0.717, 1.165) is 17.2 Å². The fraction of sp³-hybridized carbons (Fsp3) is 0.120. The summed E-state index contributed by atoms with van der Waals surface area (Å²) in [5.41, 5.74) is 2.70. The Kier molecular flexibility index (Phi) is 6.70. The second kappa shape index (κ2) is 9.84. The molecule has 34 heavy (non-hydrogen) atoms. The van der Waals surface area contributed by atoms with Crippen LogP contribution in [0.3, 0.4) is 0 Å². The Balaban J connectivity index is 1.39. The molecule has 4 aromatic rings. The van der Waals surface area contributed by atoms with Crippen LogP contribution in [0.1, 0.15) is 22.8 Å². The van der Waals surface area contributed by atoms with Crippen LogP contribution in [0.2, 0.25) is 5.02 Å². The normalized spacial score (nSPS) is 11.6. The minimum Gasteiger partial charge on any atom is -0.449 e. The number of nitrogens with one attached hydrogen (secondary N) is 1. The Hall–Kier alpha value is -4.04. The molecule has 7 nitrogen and oxygen atoms in total. The molecule has 3 aromatic carbocycles. The van der Waals surface area contributed by atoms with Crippen molar-refractivity contribution in [2.45, 2.75) is 20.0 Å². The number of ether oxygens (including phenoxy) is 1. The number of anilines is 1. The second-order valence-electron chi connectivity index (χ2n) is 7.52. The predicted octanol–water partition coefficient (Wildman–Crippen LogP) is 5.69. The van der Waals surface area contributed by atoms with Crippen LogP contribution in [0.4, 0.5) is 10.1 Å². The molecule has 1 aromatic heterocycles. The smallest absolute Gasteiger partial charge is 0.338 e. The van der Waals surface area contributed by atoms with Crippen molar-refractivity contribution in [1.29, 1.82) is 0 Å². The molecule has 1 N–H and O–H groups in total. The lowest BCUT2D eigenvalue weighted by Crippen LogP contribution is -2.30. The summed E-state index contributed by atoms with van der Waals surface area (Å²) in [5.74, 6) is -1.40. The zero-order valence-corrected chi connectivity index (χ0v) is 19.0. The summed E-state index contributed by atoms with van der Waals surface area (Å²) < 4.78 is 24.8. The number of aromatic nitrogens is 2. The molecule has 1 amide bonds. The Labute approximate surface area is 199 Å². The van der Waals surface area contributed by atoms with Gasteiger partial charge in [-0.3, -0.25) is 4.79 Å². The highest BCUT2D eigenvalue weighted by Gasteiger charge is 2.20. The molecule has 0 radical (unpaired) electrons. The van der Waals surface area contributed by atoms with Crippen LogP contribution in [0, 0.1) is 12.7 Å². The number of hydrogen-bond acceptors (Lipinski definition) is 6. The predicted molar refractivity (Wildman–Crippen MR) is 125 cm³/mol. The topological polar surface area (TPSA) is 94.3 Å². The standard InChI is InChI=1S/C25H19ClFN3O4/c1-14-3-5-16(6-4-14)23-29-30-24(34-23)17-7-9-18(10-8-17)25(32)33-15(2)22(31)28-21-12-11-19(26)13-20(21)27/h3-13,15H,1-2H3,(H,28,31). The minimum atomic E-state index is -1.16. The van der Waals surface area contributed by atoms with E-state index in [2.05, 4.69) is 15.5 Å². The van der Waals surface area contributed by atoms with Crippen molar-refractivity contribution in [1.82, 2.24) is 10.2 Å². The number of carbonyl (C=O) groups excluding carboxylic acids is 2. The summed E-state index contributed by atoms with van der Waals surface area (Å²) in [6.45, 7) is 3.38. The maximum Gasteiger partial charge on any atom is 0.338 e. The van der Waals surface area contributed by atoms with Gasteiger partial charge in [0.1, 0.15) is 5.82 Å². The minimum absolute atomic E-state index is 0.0637. The number of esters is 1. The highest BCUT2D eigenvalue weighted by atomic mass is 35.5. The molecule has 0 aliphatic rings. The van der Waals surface area contributed by atoms with Gasteiger partial charge in [0, 0.05) is 16.1 Å². The van der Waals surface area contributed by atoms with E-state index in [1.54, 1.807) is 12.1 Å². The summed E-state index contributed by atoms with van der Waals surface area (Å²) in [4.78, 5) is 24.7. The lowest BCUT2D eigenvalue weighted by molar-refractivity contribution is -0.123. The number of benzene rings is 3. The molecule has 1 heterocycles. The van der Waals surface area contributed by atoms with Gasteiger partial charge in [-0.1, -0.05) is 29.3 Å². The van der Waals surface area contributed by atoms with Crippen LogP contribution in [0.5, 0.6) is 0 Å². The van der Waals surface area contributed by atoms with Crippen LogP contribution in [-0.2, 0) is 9.53 Å². The van der Waals surface area contributed by atoms with E-state index in [1.807, 2.05) is 31.2 Å². The van der Waals surface area contributed by atoms with Crippen molar-refractivity contribution < 1.29 is 23.1 Å². The van der Waals surface area contributed by atoms with E-state index in [-0.39, 0.29) is 16.3 Å². The van der Waals surface area contributed by atoms with E-state index >= 15 is 0 Å². The van der Waals surface area contributed by atoms with E-state index in [9.17, 15) is 14.0 Å². The first kappa shape index (κ1) is 23.1. The van der Waals surface area contributed by atoms with Gasteiger partial charge in [-0.15, -0.1) is 10.2 Å². The van der Waals surface area contributed by atoms with E-state index < -0.39 is 23.8 Å². The number of aryl methyl sites for hydroxylation is 1. The highest BCUT2D eigenvalue weighted by molar-refractivity contribution is 6.30. The third-order valence-electron chi connectivity index (χ3n) is 4.93. The first-order valence-corrected chi connectivity index (χ1v) is 10.7. The lowest BCUT2D eigenvalue weighted by atomic mass is 10.1. The van der Waals surface area contributed by atoms with Crippen molar-refractivity contribution >= 4 is 29.2 Å². The monoisotopic (exact) mass is 479 g/mol. The number of carbonyl (C=O) groups is 2. The molecule has 0 aliphatic carbocycles. The molecular formula is C25H19ClFN3O4. The Morgan fingerprint density at radius 2 is 1.56 bits per heavy atom. The maximum atomic E-state index is 13.9. The number of nitrogens with zero attached hydrogens (tertiary/aromatic N) is 2.